The molecule has 0 saturated heterocycles. The van der Waals surface area contributed by atoms with Crippen molar-refractivity contribution in [3.63, 3.8) is 0 Å². The first-order valence-corrected chi connectivity index (χ1v) is 11.0. The van der Waals surface area contributed by atoms with E-state index in [0.717, 1.165) is 22.1 Å². The van der Waals surface area contributed by atoms with E-state index in [1.165, 1.54) is 11.3 Å². The smallest absolute Gasteiger partial charge is 0.277 e. The topological polar surface area (TPSA) is 53.9 Å². The third-order valence-corrected chi connectivity index (χ3v) is 6.22. The molecule has 2 aromatic carbocycles. The fourth-order valence-corrected chi connectivity index (χ4v) is 4.65. The third kappa shape index (κ3) is 5.10. The molecular weight excluding hydrogens is 477 g/mol. The van der Waals surface area contributed by atoms with Crippen molar-refractivity contribution in [2.75, 3.05) is 18.1 Å². The molecule has 0 saturated carbocycles. The van der Waals surface area contributed by atoms with Gasteiger partial charge in [-0.3, -0.25) is 4.79 Å². The number of carbonyl (C=O) groups excluding carboxylic acids is 1. The van der Waals surface area contributed by atoms with Gasteiger partial charge in [-0.15, -0.1) is 0 Å². The molecule has 2 aromatic rings. The monoisotopic (exact) mass is 505 g/mol. The minimum atomic E-state index is -0.286. The lowest BCUT2D eigenvalue weighted by Crippen LogP contribution is -2.48. The molecule has 0 spiro atoms. The van der Waals surface area contributed by atoms with Gasteiger partial charge in [-0.25, -0.2) is 5.43 Å². The van der Waals surface area contributed by atoms with E-state index in [4.69, 9.17) is 4.74 Å². The second-order valence-corrected chi connectivity index (χ2v) is 9.15. The summed E-state index contributed by atoms with van der Waals surface area (Å²) in [6.45, 7) is 10.00. The van der Waals surface area contributed by atoms with Gasteiger partial charge in [0, 0.05) is 17.8 Å². The molecular formula is C23H28IN3O2. The minimum absolute atomic E-state index is 0.0703. The fourth-order valence-electron chi connectivity index (χ4n) is 4.10. The summed E-state index contributed by atoms with van der Waals surface area (Å²) in [4.78, 5) is 14.5. The summed E-state index contributed by atoms with van der Waals surface area (Å²) in [5, 5.41) is 4.10. The molecule has 3 rings (SSSR count). The molecule has 1 heterocycles. The Morgan fingerprint density at radius 2 is 2.10 bits per heavy atom. The second kappa shape index (κ2) is 9.15. The number of para-hydroxylation sites is 1. The number of anilines is 1. The van der Waals surface area contributed by atoms with Crippen LogP contribution in [0.1, 0.15) is 51.2 Å². The van der Waals surface area contributed by atoms with Crippen LogP contribution in [-0.2, 0) is 4.79 Å². The first-order chi connectivity index (χ1) is 13.8. The Bertz CT molecular complexity index is 911. The number of halogens is 1. The molecule has 1 N–H and O–H groups in total. The number of rotatable bonds is 6. The largest absolute Gasteiger partial charge is 0.483 e. The molecule has 1 amide bonds. The van der Waals surface area contributed by atoms with Gasteiger partial charge in [0.2, 0.25) is 0 Å². The molecule has 5 nitrogen and oxygen atoms in total. The Balaban J connectivity index is 1.62. The number of hydrogen-bond donors (Lipinski definition) is 1. The van der Waals surface area contributed by atoms with Crippen molar-refractivity contribution >= 4 is 40.4 Å². The average molecular weight is 505 g/mol. The van der Waals surface area contributed by atoms with Crippen molar-refractivity contribution in [2.24, 2.45) is 5.10 Å². The van der Waals surface area contributed by atoms with E-state index in [1.54, 1.807) is 6.21 Å². The van der Waals surface area contributed by atoms with E-state index in [-0.39, 0.29) is 18.1 Å². The van der Waals surface area contributed by atoms with Crippen LogP contribution in [0.5, 0.6) is 5.75 Å². The van der Waals surface area contributed by atoms with Crippen LogP contribution < -0.4 is 15.1 Å². The molecule has 0 aromatic heterocycles. The van der Waals surface area contributed by atoms with Gasteiger partial charge in [-0.2, -0.15) is 5.10 Å². The quantitative estimate of drug-likeness (QED) is 0.344. The van der Waals surface area contributed by atoms with Gasteiger partial charge in [0.15, 0.2) is 6.61 Å². The molecule has 0 aliphatic carbocycles. The van der Waals surface area contributed by atoms with Gasteiger partial charge in [-0.05, 0) is 91.1 Å². The number of nitrogens with one attached hydrogen (secondary N) is 1. The maximum absolute atomic E-state index is 12.0. The van der Waals surface area contributed by atoms with Crippen molar-refractivity contribution < 1.29 is 9.53 Å². The van der Waals surface area contributed by atoms with Crippen molar-refractivity contribution in [1.82, 2.24) is 5.43 Å². The van der Waals surface area contributed by atoms with Crippen LogP contribution in [-0.4, -0.2) is 30.8 Å². The standard InChI is InChI=1S/C23H28IN3O2/c1-5-27-20-11-10-17(12-18(20)16(2)13-23(27,3)4)14-25-26-22(28)15-29-21-9-7-6-8-19(21)24/h6-12,14,16H,5,13,15H2,1-4H3,(H,26,28)/b25-14+. The summed E-state index contributed by atoms with van der Waals surface area (Å²) in [6, 6.07) is 14.0. The van der Waals surface area contributed by atoms with Gasteiger partial charge in [0.1, 0.15) is 5.75 Å². The normalized spacial score (nSPS) is 17.8. The van der Waals surface area contributed by atoms with Gasteiger partial charge < -0.3 is 9.64 Å². The SMILES string of the molecule is CCN1c2ccc(/C=N/NC(=O)COc3ccccc3I)cc2C(C)CC1(C)C. The van der Waals surface area contributed by atoms with Crippen LogP contribution in [0.4, 0.5) is 5.69 Å². The van der Waals surface area contributed by atoms with Crippen molar-refractivity contribution in [3.05, 3.63) is 57.2 Å². The van der Waals surface area contributed by atoms with Gasteiger partial charge in [-0.1, -0.05) is 25.1 Å². The lowest BCUT2D eigenvalue weighted by Gasteiger charge is -2.47. The van der Waals surface area contributed by atoms with E-state index < -0.39 is 0 Å². The van der Waals surface area contributed by atoms with E-state index in [1.807, 2.05) is 30.3 Å². The van der Waals surface area contributed by atoms with Gasteiger partial charge in [0.05, 0.1) is 9.78 Å². The summed E-state index contributed by atoms with van der Waals surface area (Å²) >= 11 is 2.18. The van der Waals surface area contributed by atoms with Crippen molar-refractivity contribution in [2.45, 2.75) is 45.6 Å². The molecule has 0 fully saturated rings. The zero-order valence-electron chi connectivity index (χ0n) is 17.4. The maximum Gasteiger partial charge on any atom is 0.277 e. The molecule has 29 heavy (non-hydrogen) atoms. The van der Waals surface area contributed by atoms with Crippen molar-refractivity contribution in [3.8, 4) is 5.75 Å². The summed E-state index contributed by atoms with van der Waals surface area (Å²) in [7, 11) is 0. The highest BCUT2D eigenvalue weighted by Crippen LogP contribution is 2.43. The maximum atomic E-state index is 12.0. The summed E-state index contributed by atoms with van der Waals surface area (Å²) in [5.41, 5.74) is 6.30. The number of ether oxygens (including phenoxy) is 1. The van der Waals surface area contributed by atoms with E-state index in [9.17, 15) is 4.79 Å². The summed E-state index contributed by atoms with van der Waals surface area (Å²) in [6.07, 6.45) is 2.80. The molecule has 0 radical (unpaired) electrons. The first-order valence-electron chi connectivity index (χ1n) is 9.92. The molecule has 1 aliphatic heterocycles. The lowest BCUT2D eigenvalue weighted by molar-refractivity contribution is -0.123. The number of benzene rings is 2. The predicted octanol–water partition coefficient (Wildman–Crippen LogP) is 4.93. The van der Waals surface area contributed by atoms with Crippen LogP contribution in [0.15, 0.2) is 47.6 Å². The van der Waals surface area contributed by atoms with Crippen molar-refractivity contribution in [1.29, 1.82) is 0 Å². The van der Waals surface area contributed by atoms with Crippen LogP contribution in [0.25, 0.3) is 0 Å². The molecule has 1 atom stereocenters. The third-order valence-electron chi connectivity index (χ3n) is 5.32. The Hall–Kier alpha value is -2.09. The summed E-state index contributed by atoms with van der Waals surface area (Å²) < 4.78 is 6.50. The van der Waals surface area contributed by atoms with E-state index >= 15 is 0 Å². The Kier molecular flexibility index (Phi) is 6.82. The number of amides is 1. The predicted molar refractivity (Wildman–Crippen MR) is 127 cm³/mol. The Morgan fingerprint density at radius 3 is 2.83 bits per heavy atom. The first kappa shape index (κ1) is 21.6. The van der Waals surface area contributed by atoms with Gasteiger partial charge in [0.25, 0.3) is 5.91 Å². The van der Waals surface area contributed by atoms with Crippen LogP contribution in [0.3, 0.4) is 0 Å². The molecule has 1 aliphatic rings. The zero-order valence-corrected chi connectivity index (χ0v) is 19.6. The number of hydrogen-bond acceptors (Lipinski definition) is 4. The zero-order chi connectivity index (χ0) is 21.0. The number of hydrazone groups is 1. The lowest BCUT2D eigenvalue weighted by atomic mass is 9.79. The minimum Gasteiger partial charge on any atom is -0.483 e. The van der Waals surface area contributed by atoms with Gasteiger partial charge >= 0.3 is 0 Å². The Labute approximate surface area is 186 Å². The van der Waals surface area contributed by atoms with Crippen LogP contribution in [0, 0.1) is 3.57 Å². The summed E-state index contributed by atoms with van der Waals surface area (Å²) in [5.74, 6) is 0.887. The highest BCUT2D eigenvalue weighted by atomic mass is 127. The molecule has 0 bridgehead atoms. The molecule has 154 valence electrons. The second-order valence-electron chi connectivity index (χ2n) is 7.99. The number of fused-ring (bicyclic) bond motifs is 1. The fraction of sp³-hybridized carbons (Fsp3) is 0.391. The van der Waals surface area contributed by atoms with E-state index in [0.29, 0.717) is 11.7 Å². The Morgan fingerprint density at radius 1 is 1.34 bits per heavy atom. The van der Waals surface area contributed by atoms with Crippen LogP contribution >= 0.6 is 22.6 Å². The highest BCUT2D eigenvalue weighted by Gasteiger charge is 2.35. The van der Waals surface area contributed by atoms with E-state index in [2.05, 4.69) is 77.8 Å². The van der Waals surface area contributed by atoms with Crippen LogP contribution in [0.2, 0.25) is 0 Å². The molecule has 1 unspecified atom stereocenters. The average Bonchev–Trinajstić information content (AvgIpc) is 2.67. The number of carbonyl (C=O) groups is 1. The molecule has 6 heteroatoms. The number of nitrogens with zero attached hydrogens (tertiary/aromatic N) is 2. The highest BCUT2D eigenvalue weighted by molar-refractivity contribution is 14.1.